The van der Waals surface area contributed by atoms with E-state index in [1.807, 2.05) is 0 Å². The molecule has 0 saturated carbocycles. The fourth-order valence-corrected chi connectivity index (χ4v) is 3.36. The molecule has 1 fully saturated rings. The molecular weight excluding hydrogens is 348 g/mol. The first-order valence-electron chi connectivity index (χ1n) is 6.89. The Kier molecular flexibility index (Phi) is 5.51. The Morgan fingerprint density at radius 3 is 2.65 bits per heavy atom. The zero-order valence-electron chi connectivity index (χ0n) is 12.1. The summed E-state index contributed by atoms with van der Waals surface area (Å²) < 4.78 is 32.2. The van der Waals surface area contributed by atoms with Crippen molar-refractivity contribution in [2.24, 2.45) is 11.1 Å². The summed E-state index contributed by atoms with van der Waals surface area (Å²) >= 11 is 1.10. The molecule has 0 aliphatic carbocycles. The van der Waals surface area contributed by atoms with Crippen LogP contribution in [-0.2, 0) is 9.53 Å². The van der Waals surface area contributed by atoms with Gasteiger partial charge in [0.1, 0.15) is 0 Å². The Hall–Kier alpha value is -1.35. The molecule has 126 valence electrons. The molecule has 3 N–H and O–H groups in total. The normalized spacial score (nSPS) is 16.8. The molecule has 3 rings (SSSR count). The van der Waals surface area contributed by atoms with Crippen molar-refractivity contribution in [3.8, 4) is 0 Å². The van der Waals surface area contributed by atoms with E-state index in [4.69, 9.17) is 10.5 Å². The molecule has 2 aromatic rings. The fourth-order valence-electron chi connectivity index (χ4n) is 2.49. The number of hydrogen-bond acceptors (Lipinski definition) is 5. The first kappa shape index (κ1) is 18.0. The number of nitrogens with one attached hydrogen (secondary N) is 1. The van der Waals surface area contributed by atoms with Crippen molar-refractivity contribution in [2.75, 3.05) is 25.1 Å². The molecule has 0 bridgehead atoms. The predicted molar refractivity (Wildman–Crippen MR) is 87.0 cm³/mol. The van der Waals surface area contributed by atoms with Gasteiger partial charge in [0.2, 0.25) is 5.91 Å². The summed E-state index contributed by atoms with van der Waals surface area (Å²) in [5.41, 5.74) is 5.41. The second-order valence-corrected chi connectivity index (χ2v) is 6.33. The van der Waals surface area contributed by atoms with E-state index in [-0.39, 0.29) is 24.9 Å². The Labute approximate surface area is 141 Å². The predicted octanol–water partition coefficient (Wildman–Crippen LogP) is 2.69. The summed E-state index contributed by atoms with van der Waals surface area (Å²) in [7, 11) is 0. The summed E-state index contributed by atoms with van der Waals surface area (Å²) in [6, 6.07) is 2.09. The van der Waals surface area contributed by atoms with E-state index in [2.05, 4.69) is 10.3 Å². The monoisotopic (exact) mass is 363 g/mol. The van der Waals surface area contributed by atoms with Crippen molar-refractivity contribution >= 4 is 45.0 Å². The van der Waals surface area contributed by atoms with Gasteiger partial charge in [0.25, 0.3) is 0 Å². The minimum Gasteiger partial charge on any atom is -0.381 e. The number of carbonyl (C=O) groups is 1. The van der Waals surface area contributed by atoms with Crippen LogP contribution in [0, 0.1) is 17.0 Å². The van der Waals surface area contributed by atoms with Crippen LogP contribution in [0.4, 0.5) is 13.9 Å². The van der Waals surface area contributed by atoms with Crippen LogP contribution in [0.3, 0.4) is 0 Å². The Morgan fingerprint density at radius 2 is 2.00 bits per heavy atom. The lowest BCUT2D eigenvalue weighted by molar-refractivity contribution is -0.130. The van der Waals surface area contributed by atoms with Gasteiger partial charge in [0, 0.05) is 25.8 Å². The molecule has 23 heavy (non-hydrogen) atoms. The molecule has 1 aliphatic heterocycles. The van der Waals surface area contributed by atoms with Crippen LogP contribution in [0.25, 0.3) is 10.2 Å². The molecule has 1 saturated heterocycles. The van der Waals surface area contributed by atoms with Crippen molar-refractivity contribution in [2.45, 2.75) is 12.8 Å². The maximum atomic E-state index is 13.2. The number of benzene rings is 1. The number of halogens is 3. The smallest absolute Gasteiger partial charge is 0.233 e. The molecule has 1 aromatic carbocycles. The van der Waals surface area contributed by atoms with E-state index in [0.29, 0.717) is 41.4 Å². The van der Waals surface area contributed by atoms with Gasteiger partial charge < -0.3 is 15.8 Å². The van der Waals surface area contributed by atoms with Crippen molar-refractivity contribution in [3.63, 3.8) is 0 Å². The zero-order valence-corrected chi connectivity index (χ0v) is 13.7. The highest BCUT2D eigenvalue weighted by atomic mass is 35.5. The Morgan fingerprint density at radius 1 is 1.35 bits per heavy atom. The lowest BCUT2D eigenvalue weighted by Gasteiger charge is -2.34. The zero-order chi connectivity index (χ0) is 15.7. The number of hydrogen-bond donors (Lipinski definition) is 2. The number of thiazole rings is 1. The number of carbonyl (C=O) groups excluding carboxylic acids is 1. The number of ether oxygens (including phenoxy) is 1. The first-order chi connectivity index (χ1) is 10.5. The Balaban J connectivity index is 0.00000192. The van der Waals surface area contributed by atoms with Gasteiger partial charge in [-0.2, -0.15) is 0 Å². The summed E-state index contributed by atoms with van der Waals surface area (Å²) in [6.45, 7) is 1.19. The number of anilines is 1. The van der Waals surface area contributed by atoms with E-state index in [1.54, 1.807) is 0 Å². The van der Waals surface area contributed by atoms with E-state index >= 15 is 0 Å². The highest BCUT2D eigenvalue weighted by Crippen LogP contribution is 2.33. The summed E-state index contributed by atoms with van der Waals surface area (Å²) in [4.78, 5) is 16.6. The van der Waals surface area contributed by atoms with Gasteiger partial charge in [-0.1, -0.05) is 11.3 Å². The molecule has 1 aliphatic rings. The van der Waals surface area contributed by atoms with E-state index < -0.39 is 17.0 Å². The number of rotatable bonds is 3. The van der Waals surface area contributed by atoms with Gasteiger partial charge in [0.05, 0.1) is 15.6 Å². The first-order valence-corrected chi connectivity index (χ1v) is 7.71. The van der Waals surface area contributed by atoms with Gasteiger partial charge in [0.15, 0.2) is 16.8 Å². The molecule has 0 radical (unpaired) electrons. The quantitative estimate of drug-likeness (QED) is 0.879. The molecule has 1 amide bonds. The number of nitrogens with zero attached hydrogens (tertiary/aromatic N) is 1. The maximum Gasteiger partial charge on any atom is 0.233 e. The number of nitrogens with two attached hydrogens (primary N) is 1. The van der Waals surface area contributed by atoms with Gasteiger partial charge in [-0.25, -0.2) is 13.8 Å². The Bertz CT molecular complexity index is 680. The summed E-state index contributed by atoms with van der Waals surface area (Å²) in [5.74, 6) is -2.12. The van der Waals surface area contributed by atoms with Crippen molar-refractivity contribution in [3.05, 3.63) is 23.8 Å². The number of aromatic nitrogens is 1. The molecule has 1 aromatic heterocycles. The SMILES string of the molecule is Cl.NCC1(C(=O)Nc2nc3cc(F)c(F)cc3s2)CCOCC1. The minimum atomic E-state index is -0.960. The second kappa shape index (κ2) is 7.04. The van der Waals surface area contributed by atoms with E-state index in [9.17, 15) is 13.6 Å². The third kappa shape index (κ3) is 3.45. The van der Waals surface area contributed by atoms with Crippen LogP contribution in [0.15, 0.2) is 12.1 Å². The van der Waals surface area contributed by atoms with Crippen LogP contribution >= 0.6 is 23.7 Å². The molecule has 0 unspecified atom stereocenters. The van der Waals surface area contributed by atoms with Crippen LogP contribution in [0.5, 0.6) is 0 Å². The van der Waals surface area contributed by atoms with Crippen LogP contribution < -0.4 is 11.1 Å². The second-order valence-electron chi connectivity index (χ2n) is 5.30. The summed E-state index contributed by atoms with van der Waals surface area (Å²) in [6.07, 6.45) is 1.09. The number of amides is 1. The third-order valence-electron chi connectivity index (χ3n) is 3.97. The molecule has 0 spiro atoms. The summed E-state index contributed by atoms with van der Waals surface area (Å²) in [5, 5.41) is 3.03. The van der Waals surface area contributed by atoms with Gasteiger partial charge in [-0.05, 0) is 18.9 Å². The average Bonchev–Trinajstić information content (AvgIpc) is 2.89. The molecular formula is C14H16ClF2N3O2S. The largest absolute Gasteiger partial charge is 0.381 e. The van der Waals surface area contributed by atoms with E-state index in [0.717, 1.165) is 23.5 Å². The van der Waals surface area contributed by atoms with Crippen LogP contribution in [0.2, 0.25) is 0 Å². The van der Waals surface area contributed by atoms with Gasteiger partial charge >= 0.3 is 0 Å². The molecule has 9 heteroatoms. The topological polar surface area (TPSA) is 77.2 Å². The lowest BCUT2D eigenvalue weighted by atomic mass is 9.79. The highest BCUT2D eigenvalue weighted by Gasteiger charge is 2.39. The van der Waals surface area contributed by atoms with Crippen LogP contribution in [0.1, 0.15) is 12.8 Å². The minimum absolute atomic E-state index is 0. The lowest BCUT2D eigenvalue weighted by Crippen LogP contribution is -2.46. The van der Waals surface area contributed by atoms with Gasteiger partial charge in [-0.3, -0.25) is 4.79 Å². The third-order valence-corrected chi connectivity index (χ3v) is 4.91. The molecule has 0 atom stereocenters. The number of fused-ring (bicyclic) bond motifs is 1. The average molecular weight is 364 g/mol. The van der Waals surface area contributed by atoms with Crippen molar-refractivity contribution in [1.82, 2.24) is 4.98 Å². The van der Waals surface area contributed by atoms with Crippen LogP contribution in [-0.4, -0.2) is 30.6 Å². The van der Waals surface area contributed by atoms with Crippen molar-refractivity contribution < 1.29 is 18.3 Å². The van der Waals surface area contributed by atoms with Crippen molar-refractivity contribution in [1.29, 1.82) is 0 Å². The molecule has 5 nitrogen and oxygen atoms in total. The molecule has 2 heterocycles. The standard InChI is InChI=1S/C14H15F2N3O2S.ClH/c15-8-5-10-11(6-9(8)16)22-13(18-10)19-12(20)14(7-17)1-3-21-4-2-14;/h5-6H,1-4,7,17H2,(H,18,19,20);1H. The van der Waals surface area contributed by atoms with E-state index in [1.165, 1.54) is 0 Å². The van der Waals surface area contributed by atoms with Gasteiger partial charge in [-0.15, -0.1) is 12.4 Å². The highest BCUT2D eigenvalue weighted by molar-refractivity contribution is 7.22. The fraction of sp³-hybridized carbons (Fsp3) is 0.429. The maximum absolute atomic E-state index is 13.2.